The summed E-state index contributed by atoms with van der Waals surface area (Å²) in [6.45, 7) is 0. The zero-order valence-electron chi connectivity index (χ0n) is 8.09. The van der Waals surface area contributed by atoms with Crippen molar-refractivity contribution in [1.82, 2.24) is 0 Å². The third-order valence-electron chi connectivity index (χ3n) is 1.96. The Kier molecular flexibility index (Phi) is 4.42. The van der Waals surface area contributed by atoms with Crippen molar-refractivity contribution in [3.63, 3.8) is 0 Å². The molecule has 0 fully saturated rings. The van der Waals surface area contributed by atoms with Crippen LogP contribution >= 0.6 is 27.5 Å². The molecule has 0 saturated carbocycles. The minimum Gasteiger partial charge on any atom is -0.495 e. The van der Waals surface area contributed by atoms with Gasteiger partial charge >= 0.3 is 5.97 Å². The Morgan fingerprint density at radius 2 is 2.20 bits per heavy atom. The Balaban J connectivity index is 3.16. The summed E-state index contributed by atoms with van der Waals surface area (Å²) >= 11 is 9.21. The lowest BCUT2D eigenvalue weighted by Crippen LogP contribution is -2.03. The summed E-state index contributed by atoms with van der Waals surface area (Å²) in [6.07, 6.45) is -0.0333. The number of carboxylic acid groups (broad SMARTS) is 1. The highest BCUT2D eigenvalue weighted by atomic mass is 79.9. The Bertz CT molecular complexity index is 379. The third kappa shape index (κ3) is 3.11. The predicted octanol–water partition coefficient (Wildman–Crippen LogP) is 2.87. The smallest absolute Gasteiger partial charge is 0.307 e. The van der Waals surface area contributed by atoms with Crippen molar-refractivity contribution in [1.29, 1.82) is 0 Å². The zero-order valence-corrected chi connectivity index (χ0v) is 10.4. The first-order valence-electron chi connectivity index (χ1n) is 4.21. The fraction of sp³-hybridized carbons (Fsp3) is 0.300. The molecule has 0 atom stereocenters. The second-order valence-corrected chi connectivity index (χ2v) is 3.93. The van der Waals surface area contributed by atoms with E-state index in [0.717, 1.165) is 5.56 Å². The second kappa shape index (κ2) is 5.37. The van der Waals surface area contributed by atoms with Crippen molar-refractivity contribution in [3.05, 3.63) is 28.3 Å². The SMILES string of the molecule is COc1cc(CC(=O)O)c(CBr)cc1Cl. The molecule has 0 radical (unpaired) electrons. The number of hydrogen-bond acceptors (Lipinski definition) is 2. The molecule has 3 nitrogen and oxygen atoms in total. The lowest BCUT2D eigenvalue weighted by atomic mass is 10.1. The van der Waals surface area contributed by atoms with Crippen LogP contribution in [0.15, 0.2) is 12.1 Å². The van der Waals surface area contributed by atoms with Gasteiger partial charge < -0.3 is 9.84 Å². The molecule has 0 aliphatic rings. The van der Waals surface area contributed by atoms with Gasteiger partial charge in [-0.05, 0) is 23.3 Å². The fourth-order valence-corrected chi connectivity index (χ4v) is 2.03. The monoisotopic (exact) mass is 292 g/mol. The van der Waals surface area contributed by atoms with Gasteiger partial charge in [0.2, 0.25) is 0 Å². The van der Waals surface area contributed by atoms with E-state index in [1.54, 1.807) is 12.1 Å². The normalized spacial score (nSPS) is 10.1. The minimum absolute atomic E-state index is 0.0333. The molecule has 1 aromatic rings. The number of methoxy groups -OCH3 is 1. The highest BCUT2D eigenvalue weighted by Gasteiger charge is 2.11. The van der Waals surface area contributed by atoms with Gasteiger partial charge in [-0.3, -0.25) is 4.79 Å². The van der Waals surface area contributed by atoms with Crippen LogP contribution in [-0.2, 0) is 16.5 Å². The van der Waals surface area contributed by atoms with E-state index in [2.05, 4.69) is 15.9 Å². The highest BCUT2D eigenvalue weighted by Crippen LogP contribution is 2.29. The minimum atomic E-state index is -0.874. The van der Waals surface area contributed by atoms with Gasteiger partial charge in [0.25, 0.3) is 0 Å². The maximum absolute atomic E-state index is 10.6. The Labute approximate surface area is 101 Å². The summed E-state index contributed by atoms with van der Waals surface area (Å²) < 4.78 is 5.03. The average molecular weight is 294 g/mol. The molecule has 0 unspecified atom stereocenters. The molecule has 1 rings (SSSR count). The molecule has 15 heavy (non-hydrogen) atoms. The van der Waals surface area contributed by atoms with Crippen molar-refractivity contribution in [2.24, 2.45) is 0 Å². The first kappa shape index (κ1) is 12.3. The molecule has 0 aromatic heterocycles. The van der Waals surface area contributed by atoms with Crippen LogP contribution in [0.3, 0.4) is 0 Å². The first-order valence-corrected chi connectivity index (χ1v) is 5.71. The van der Waals surface area contributed by atoms with E-state index in [0.29, 0.717) is 21.7 Å². The maximum atomic E-state index is 10.6. The lowest BCUT2D eigenvalue weighted by Gasteiger charge is -2.09. The van der Waals surface area contributed by atoms with Crippen LogP contribution in [0.5, 0.6) is 5.75 Å². The Hall–Kier alpha value is -0.740. The van der Waals surface area contributed by atoms with E-state index < -0.39 is 5.97 Å². The average Bonchev–Trinajstić information content (AvgIpc) is 2.19. The van der Waals surface area contributed by atoms with Crippen LogP contribution < -0.4 is 4.74 Å². The molecular weight excluding hydrogens is 283 g/mol. The van der Waals surface area contributed by atoms with Gasteiger partial charge in [-0.1, -0.05) is 27.5 Å². The molecule has 82 valence electrons. The second-order valence-electron chi connectivity index (χ2n) is 2.96. The third-order valence-corrected chi connectivity index (χ3v) is 2.86. The van der Waals surface area contributed by atoms with Crippen molar-refractivity contribution >= 4 is 33.5 Å². The Morgan fingerprint density at radius 1 is 1.53 bits per heavy atom. The van der Waals surface area contributed by atoms with Crippen molar-refractivity contribution in [3.8, 4) is 5.75 Å². The van der Waals surface area contributed by atoms with Gasteiger partial charge in [-0.15, -0.1) is 0 Å². The summed E-state index contributed by atoms with van der Waals surface area (Å²) in [5, 5.41) is 9.79. The molecule has 1 aromatic carbocycles. The molecular formula is C10H10BrClO3. The quantitative estimate of drug-likeness (QED) is 0.868. The van der Waals surface area contributed by atoms with Crippen LogP contribution in [0.4, 0.5) is 0 Å². The molecule has 5 heteroatoms. The fourth-order valence-electron chi connectivity index (χ4n) is 1.24. The zero-order chi connectivity index (χ0) is 11.4. The summed E-state index contributed by atoms with van der Waals surface area (Å²) in [5.74, 6) is -0.376. The van der Waals surface area contributed by atoms with Crippen LogP contribution in [-0.4, -0.2) is 18.2 Å². The summed E-state index contributed by atoms with van der Waals surface area (Å²) in [7, 11) is 1.50. The Morgan fingerprint density at radius 3 is 2.67 bits per heavy atom. The molecule has 0 heterocycles. The number of halogens is 2. The number of alkyl halides is 1. The number of carboxylic acids is 1. The molecule has 0 spiro atoms. The van der Waals surface area contributed by atoms with Crippen molar-refractivity contribution < 1.29 is 14.6 Å². The van der Waals surface area contributed by atoms with Gasteiger partial charge in [0.1, 0.15) is 5.75 Å². The maximum Gasteiger partial charge on any atom is 0.307 e. The van der Waals surface area contributed by atoms with Crippen molar-refractivity contribution in [2.45, 2.75) is 11.8 Å². The van der Waals surface area contributed by atoms with E-state index in [1.165, 1.54) is 7.11 Å². The van der Waals surface area contributed by atoms with E-state index in [1.807, 2.05) is 0 Å². The van der Waals surface area contributed by atoms with E-state index >= 15 is 0 Å². The van der Waals surface area contributed by atoms with E-state index in [-0.39, 0.29) is 6.42 Å². The number of ether oxygens (including phenoxy) is 1. The van der Waals surface area contributed by atoms with Gasteiger partial charge in [0.05, 0.1) is 18.6 Å². The molecule has 0 aliphatic carbocycles. The van der Waals surface area contributed by atoms with Crippen LogP contribution in [0.2, 0.25) is 5.02 Å². The lowest BCUT2D eigenvalue weighted by molar-refractivity contribution is -0.136. The predicted molar refractivity (Wildman–Crippen MR) is 62.0 cm³/mol. The first-order chi connectivity index (χ1) is 7.08. The summed E-state index contributed by atoms with van der Waals surface area (Å²) in [4.78, 5) is 10.6. The number of hydrogen-bond donors (Lipinski definition) is 1. The molecule has 1 N–H and O–H groups in total. The topological polar surface area (TPSA) is 46.5 Å². The largest absolute Gasteiger partial charge is 0.495 e. The van der Waals surface area contributed by atoms with Gasteiger partial charge in [0.15, 0.2) is 0 Å². The van der Waals surface area contributed by atoms with Crippen LogP contribution in [0.1, 0.15) is 11.1 Å². The van der Waals surface area contributed by atoms with Crippen LogP contribution in [0, 0.1) is 0 Å². The molecule has 0 amide bonds. The number of benzene rings is 1. The summed E-state index contributed by atoms with van der Waals surface area (Å²) in [6, 6.07) is 3.38. The number of rotatable bonds is 4. The number of aliphatic carboxylic acids is 1. The molecule has 0 bridgehead atoms. The van der Waals surface area contributed by atoms with E-state index in [4.69, 9.17) is 21.4 Å². The molecule has 0 saturated heterocycles. The summed E-state index contributed by atoms with van der Waals surface area (Å²) in [5.41, 5.74) is 1.57. The highest BCUT2D eigenvalue weighted by molar-refractivity contribution is 9.08. The number of carbonyl (C=O) groups is 1. The van der Waals surface area contributed by atoms with Gasteiger partial charge in [-0.2, -0.15) is 0 Å². The van der Waals surface area contributed by atoms with Gasteiger partial charge in [-0.25, -0.2) is 0 Å². The van der Waals surface area contributed by atoms with E-state index in [9.17, 15) is 4.79 Å². The van der Waals surface area contributed by atoms with Crippen molar-refractivity contribution in [2.75, 3.05) is 7.11 Å². The molecule has 0 aliphatic heterocycles. The van der Waals surface area contributed by atoms with Crippen LogP contribution in [0.25, 0.3) is 0 Å². The standard InChI is InChI=1S/C10H10BrClO3/c1-15-9-3-6(4-10(13)14)7(5-11)2-8(9)12/h2-3H,4-5H2,1H3,(H,13,14). The van der Waals surface area contributed by atoms with Gasteiger partial charge in [0, 0.05) is 5.33 Å².